The van der Waals surface area contributed by atoms with E-state index in [9.17, 15) is 4.79 Å². The molecule has 1 aromatic rings. The summed E-state index contributed by atoms with van der Waals surface area (Å²) in [5, 5.41) is 35.5. The van der Waals surface area contributed by atoms with E-state index in [0.29, 0.717) is 0 Å². The van der Waals surface area contributed by atoms with E-state index >= 15 is 0 Å². The van der Waals surface area contributed by atoms with Gasteiger partial charge in [0, 0.05) is 12.1 Å². The van der Waals surface area contributed by atoms with Crippen LogP contribution in [0.4, 0.5) is 0 Å². The van der Waals surface area contributed by atoms with E-state index in [1.165, 1.54) is 0 Å². The number of hydrogen-bond donors (Lipinski definition) is 4. The fourth-order valence-corrected chi connectivity index (χ4v) is 0.866. The molecule has 0 heterocycles. The van der Waals surface area contributed by atoms with Gasteiger partial charge in [-0.05, 0) is 0 Å². The van der Waals surface area contributed by atoms with Crippen LogP contribution in [0.15, 0.2) is 12.1 Å². The van der Waals surface area contributed by atoms with Crippen molar-refractivity contribution in [2.45, 2.75) is 0 Å². The Labute approximate surface area is 78.6 Å². The standard InChI is InChI=1S/C8H8O6/c9-4-1-5(10)8(6(11)2-4)14-3-7(12)13/h1-2,9-11H,3H2,(H,12,13). The molecule has 1 aromatic carbocycles. The van der Waals surface area contributed by atoms with Crippen LogP contribution in [0.1, 0.15) is 0 Å². The summed E-state index contributed by atoms with van der Waals surface area (Å²) < 4.78 is 4.57. The first-order valence-corrected chi connectivity index (χ1v) is 3.60. The third-order valence-electron chi connectivity index (χ3n) is 1.37. The van der Waals surface area contributed by atoms with Crippen molar-refractivity contribution in [3.05, 3.63) is 12.1 Å². The van der Waals surface area contributed by atoms with Crippen LogP contribution < -0.4 is 4.74 Å². The van der Waals surface area contributed by atoms with Crippen LogP contribution in [0, 0.1) is 0 Å². The van der Waals surface area contributed by atoms with Gasteiger partial charge in [-0.15, -0.1) is 0 Å². The summed E-state index contributed by atoms with van der Waals surface area (Å²) in [5.41, 5.74) is 0. The van der Waals surface area contributed by atoms with E-state index in [-0.39, 0.29) is 11.5 Å². The maximum Gasteiger partial charge on any atom is 0.341 e. The molecule has 6 nitrogen and oxygen atoms in total. The molecule has 0 saturated heterocycles. The van der Waals surface area contributed by atoms with Crippen LogP contribution in [0.25, 0.3) is 0 Å². The van der Waals surface area contributed by atoms with Crippen LogP contribution in [-0.2, 0) is 4.79 Å². The highest BCUT2D eigenvalue weighted by Gasteiger charge is 2.12. The zero-order valence-corrected chi connectivity index (χ0v) is 6.97. The van der Waals surface area contributed by atoms with Crippen LogP contribution in [0.2, 0.25) is 0 Å². The van der Waals surface area contributed by atoms with Crippen LogP contribution in [-0.4, -0.2) is 33.0 Å². The zero-order chi connectivity index (χ0) is 10.7. The van der Waals surface area contributed by atoms with Gasteiger partial charge in [0.25, 0.3) is 0 Å². The first-order chi connectivity index (χ1) is 6.50. The molecule has 0 unspecified atom stereocenters. The van der Waals surface area contributed by atoms with Crippen molar-refractivity contribution in [2.75, 3.05) is 6.61 Å². The molecule has 0 saturated carbocycles. The minimum absolute atomic E-state index is 0.345. The molecule has 0 fully saturated rings. The Morgan fingerprint density at radius 3 is 2.14 bits per heavy atom. The molecule has 0 radical (unpaired) electrons. The summed E-state index contributed by atoms with van der Waals surface area (Å²) in [4.78, 5) is 10.1. The molecule has 0 bridgehead atoms. The number of benzene rings is 1. The highest BCUT2D eigenvalue weighted by Crippen LogP contribution is 2.38. The number of hydrogen-bond acceptors (Lipinski definition) is 5. The van der Waals surface area contributed by atoms with E-state index in [1.807, 2.05) is 0 Å². The summed E-state index contributed by atoms with van der Waals surface area (Å²) in [5.74, 6) is -3.00. The number of ether oxygens (including phenoxy) is 1. The molecule has 4 N–H and O–H groups in total. The normalized spacial score (nSPS) is 9.71. The monoisotopic (exact) mass is 200 g/mol. The number of aliphatic carboxylic acids is 1. The maximum absolute atomic E-state index is 10.1. The average molecular weight is 200 g/mol. The molecule has 76 valence electrons. The number of phenols is 3. The van der Waals surface area contributed by atoms with Gasteiger partial charge in [-0.3, -0.25) is 0 Å². The van der Waals surface area contributed by atoms with E-state index < -0.39 is 24.1 Å². The van der Waals surface area contributed by atoms with E-state index in [2.05, 4.69) is 4.74 Å². The molecule has 6 heteroatoms. The zero-order valence-electron chi connectivity index (χ0n) is 6.97. The Morgan fingerprint density at radius 1 is 1.21 bits per heavy atom. The van der Waals surface area contributed by atoms with Gasteiger partial charge in [-0.2, -0.15) is 0 Å². The van der Waals surface area contributed by atoms with E-state index in [4.69, 9.17) is 20.4 Å². The van der Waals surface area contributed by atoms with Gasteiger partial charge >= 0.3 is 5.97 Å². The third kappa shape index (κ3) is 2.19. The summed E-state index contributed by atoms with van der Waals surface area (Å²) in [6.45, 7) is -0.689. The predicted octanol–water partition coefficient (Wildman–Crippen LogP) is 0.267. The number of rotatable bonds is 3. The summed E-state index contributed by atoms with van der Waals surface area (Å²) >= 11 is 0. The van der Waals surface area contributed by atoms with Gasteiger partial charge in [0.15, 0.2) is 18.1 Å². The molecule has 0 amide bonds. The van der Waals surface area contributed by atoms with Crippen LogP contribution in [0.3, 0.4) is 0 Å². The Balaban J connectivity index is 2.91. The number of carbonyl (C=O) groups is 1. The molecular weight excluding hydrogens is 192 g/mol. The summed E-state index contributed by atoms with van der Waals surface area (Å²) in [6.07, 6.45) is 0. The van der Waals surface area contributed by atoms with Crippen molar-refractivity contribution < 1.29 is 30.0 Å². The topological polar surface area (TPSA) is 107 Å². The Kier molecular flexibility index (Phi) is 2.66. The quantitative estimate of drug-likeness (QED) is 0.557. The number of carboxylic acid groups (broad SMARTS) is 1. The molecule has 0 aliphatic heterocycles. The molecule has 1 rings (SSSR count). The fraction of sp³-hybridized carbons (Fsp3) is 0.125. The number of phenolic OH excluding ortho intramolecular Hbond substituents is 3. The highest BCUT2D eigenvalue weighted by atomic mass is 16.5. The minimum atomic E-state index is -1.24. The molecule has 0 aliphatic rings. The highest BCUT2D eigenvalue weighted by molar-refractivity contribution is 5.69. The lowest BCUT2D eigenvalue weighted by molar-refractivity contribution is -0.139. The lowest BCUT2D eigenvalue weighted by Crippen LogP contribution is -2.09. The lowest BCUT2D eigenvalue weighted by Gasteiger charge is -2.07. The molecule has 0 aliphatic carbocycles. The fourth-order valence-electron chi connectivity index (χ4n) is 0.866. The van der Waals surface area contributed by atoms with Crippen molar-refractivity contribution >= 4 is 5.97 Å². The lowest BCUT2D eigenvalue weighted by atomic mass is 10.3. The third-order valence-corrected chi connectivity index (χ3v) is 1.37. The number of carboxylic acids is 1. The van der Waals surface area contributed by atoms with Crippen molar-refractivity contribution in [2.24, 2.45) is 0 Å². The molecule has 14 heavy (non-hydrogen) atoms. The van der Waals surface area contributed by atoms with Crippen LogP contribution >= 0.6 is 0 Å². The molecule has 0 aromatic heterocycles. The molecule has 0 spiro atoms. The van der Waals surface area contributed by atoms with Crippen molar-refractivity contribution in [1.82, 2.24) is 0 Å². The second-order valence-electron chi connectivity index (χ2n) is 2.50. The Hall–Kier alpha value is -2.11. The maximum atomic E-state index is 10.1. The average Bonchev–Trinajstić information content (AvgIpc) is 2.01. The smallest absolute Gasteiger partial charge is 0.341 e. The van der Waals surface area contributed by atoms with Gasteiger partial charge in [0.2, 0.25) is 5.75 Å². The van der Waals surface area contributed by atoms with Crippen molar-refractivity contribution in [3.8, 4) is 23.0 Å². The summed E-state index contributed by atoms with van der Waals surface area (Å²) in [7, 11) is 0. The van der Waals surface area contributed by atoms with E-state index in [1.54, 1.807) is 0 Å². The largest absolute Gasteiger partial charge is 0.508 e. The minimum Gasteiger partial charge on any atom is -0.508 e. The number of aromatic hydroxyl groups is 3. The predicted molar refractivity (Wildman–Crippen MR) is 44.6 cm³/mol. The Morgan fingerprint density at radius 2 is 1.71 bits per heavy atom. The van der Waals surface area contributed by atoms with Gasteiger partial charge in [0.1, 0.15) is 5.75 Å². The molecule has 0 atom stereocenters. The summed E-state index contributed by atoms with van der Waals surface area (Å²) in [6, 6.07) is 1.85. The second kappa shape index (κ2) is 3.73. The van der Waals surface area contributed by atoms with Crippen LogP contribution in [0.5, 0.6) is 23.0 Å². The van der Waals surface area contributed by atoms with Gasteiger partial charge in [0.05, 0.1) is 0 Å². The SMILES string of the molecule is O=C(O)COc1c(O)cc(O)cc1O. The van der Waals surface area contributed by atoms with Crippen molar-refractivity contribution in [1.29, 1.82) is 0 Å². The van der Waals surface area contributed by atoms with E-state index in [0.717, 1.165) is 12.1 Å². The van der Waals surface area contributed by atoms with Gasteiger partial charge in [-0.1, -0.05) is 0 Å². The second-order valence-corrected chi connectivity index (χ2v) is 2.50. The molecular formula is C8H8O6. The van der Waals surface area contributed by atoms with Crippen molar-refractivity contribution in [3.63, 3.8) is 0 Å². The first kappa shape index (κ1) is 9.97. The van der Waals surface area contributed by atoms with Gasteiger partial charge < -0.3 is 25.2 Å². The van der Waals surface area contributed by atoms with Gasteiger partial charge in [-0.25, -0.2) is 4.79 Å². The first-order valence-electron chi connectivity index (χ1n) is 3.60. The Bertz CT molecular complexity index is 336.